The van der Waals surface area contributed by atoms with Gasteiger partial charge >= 0.3 is 0 Å². The van der Waals surface area contributed by atoms with Crippen LogP contribution in [0.1, 0.15) is 5.56 Å². The van der Waals surface area contributed by atoms with E-state index in [0.717, 1.165) is 0 Å². The van der Waals surface area contributed by atoms with Gasteiger partial charge in [-0.2, -0.15) is 12.6 Å². The second kappa shape index (κ2) is 4.53. The first-order valence-corrected chi connectivity index (χ1v) is 4.42. The summed E-state index contributed by atoms with van der Waals surface area (Å²) < 4.78 is 0. The molecule has 5 heteroatoms. The number of hydrogen-bond acceptors (Lipinski definition) is 4. The second-order valence-electron chi connectivity index (χ2n) is 2.49. The molecule has 0 aliphatic rings. The highest BCUT2D eigenvalue weighted by Gasteiger charge is 2.11. The van der Waals surface area contributed by atoms with Crippen LogP contribution in [0, 0.1) is 22.0 Å². The smallest absolute Gasteiger partial charge is 0.286 e. The lowest BCUT2D eigenvalue weighted by Gasteiger charge is -1.96. The quantitative estimate of drug-likeness (QED) is 0.241. The highest BCUT2D eigenvalue weighted by Crippen LogP contribution is 2.20. The highest BCUT2D eigenvalue weighted by atomic mass is 32.1. The summed E-state index contributed by atoms with van der Waals surface area (Å²) in [5.74, 6) is 5.66. The van der Waals surface area contributed by atoms with Gasteiger partial charge in [0.2, 0.25) is 0 Å². The Morgan fingerprint density at radius 1 is 1.57 bits per heavy atom. The third kappa shape index (κ3) is 2.41. The SMILES string of the molecule is Nc1ccc(C#CCS)c([N+](=O)[O-])c1. The summed E-state index contributed by atoms with van der Waals surface area (Å²) in [6, 6.07) is 4.40. The van der Waals surface area contributed by atoms with Crippen LogP contribution in [-0.2, 0) is 0 Å². The first-order chi connectivity index (χ1) is 6.65. The molecule has 14 heavy (non-hydrogen) atoms. The van der Waals surface area contributed by atoms with Gasteiger partial charge in [0.15, 0.2) is 0 Å². The molecule has 0 saturated heterocycles. The predicted octanol–water partition coefficient (Wildman–Crippen LogP) is 1.46. The van der Waals surface area contributed by atoms with E-state index in [1.54, 1.807) is 6.07 Å². The van der Waals surface area contributed by atoms with Crippen molar-refractivity contribution in [2.45, 2.75) is 0 Å². The molecule has 1 rings (SSSR count). The van der Waals surface area contributed by atoms with E-state index in [0.29, 0.717) is 17.0 Å². The molecule has 72 valence electrons. The lowest BCUT2D eigenvalue weighted by Crippen LogP contribution is -1.94. The average molecular weight is 208 g/mol. The summed E-state index contributed by atoms with van der Waals surface area (Å²) >= 11 is 3.89. The zero-order valence-electron chi connectivity index (χ0n) is 7.23. The minimum atomic E-state index is -0.501. The monoisotopic (exact) mass is 208 g/mol. The van der Waals surface area contributed by atoms with E-state index in [1.807, 2.05) is 0 Å². The van der Waals surface area contributed by atoms with Crippen molar-refractivity contribution in [2.24, 2.45) is 0 Å². The highest BCUT2D eigenvalue weighted by molar-refractivity contribution is 7.80. The first kappa shape index (κ1) is 10.4. The van der Waals surface area contributed by atoms with Gasteiger partial charge in [0, 0.05) is 11.8 Å². The third-order valence-electron chi connectivity index (χ3n) is 1.52. The fourth-order valence-electron chi connectivity index (χ4n) is 0.940. The molecule has 1 aromatic rings. The van der Waals surface area contributed by atoms with Crippen LogP contribution in [0.25, 0.3) is 0 Å². The number of rotatable bonds is 1. The summed E-state index contributed by atoms with van der Waals surface area (Å²) in [7, 11) is 0. The van der Waals surface area contributed by atoms with E-state index in [4.69, 9.17) is 5.73 Å². The Hall–Kier alpha value is -1.67. The molecule has 0 fully saturated rings. The fraction of sp³-hybridized carbons (Fsp3) is 0.111. The van der Waals surface area contributed by atoms with Crippen LogP contribution < -0.4 is 5.73 Å². The van der Waals surface area contributed by atoms with Crippen molar-refractivity contribution in [3.63, 3.8) is 0 Å². The van der Waals surface area contributed by atoms with E-state index in [2.05, 4.69) is 24.5 Å². The standard InChI is InChI=1S/C9H8N2O2S/c10-8-4-3-7(2-1-5-14)9(6-8)11(12)13/h3-4,6,14H,5,10H2. The molecule has 0 unspecified atom stereocenters. The molecule has 2 N–H and O–H groups in total. The number of hydrogen-bond donors (Lipinski definition) is 2. The molecule has 0 bridgehead atoms. The van der Waals surface area contributed by atoms with Gasteiger partial charge < -0.3 is 5.73 Å². The fourth-order valence-corrected chi connectivity index (χ4v) is 1.02. The summed E-state index contributed by atoms with van der Waals surface area (Å²) in [5, 5.41) is 10.6. The third-order valence-corrected chi connectivity index (χ3v) is 1.68. The lowest BCUT2D eigenvalue weighted by molar-refractivity contribution is -0.385. The number of anilines is 1. The summed E-state index contributed by atoms with van der Waals surface area (Å²) in [5.41, 5.74) is 6.07. The molecule has 4 nitrogen and oxygen atoms in total. The average Bonchev–Trinajstić information content (AvgIpc) is 2.15. The molecule has 0 aliphatic heterocycles. The Bertz CT molecular complexity index is 421. The molecule has 0 aliphatic carbocycles. The van der Waals surface area contributed by atoms with E-state index in [-0.39, 0.29) is 5.69 Å². The molecule has 0 radical (unpaired) electrons. The van der Waals surface area contributed by atoms with Gasteiger partial charge in [-0.05, 0) is 12.1 Å². The maximum absolute atomic E-state index is 10.6. The molecular weight excluding hydrogens is 200 g/mol. The van der Waals surface area contributed by atoms with Gasteiger partial charge in [-0.25, -0.2) is 0 Å². The van der Waals surface area contributed by atoms with Gasteiger partial charge in [-0.3, -0.25) is 10.1 Å². The summed E-state index contributed by atoms with van der Waals surface area (Å²) in [4.78, 5) is 10.1. The summed E-state index contributed by atoms with van der Waals surface area (Å²) in [6.45, 7) is 0. The predicted molar refractivity (Wildman–Crippen MR) is 58.2 cm³/mol. The number of thiol groups is 1. The summed E-state index contributed by atoms with van der Waals surface area (Å²) in [6.07, 6.45) is 0. The largest absolute Gasteiger partial charge is 0.399 e. The Labute approximate surface area is 86.7 Å². The number of nitrogen functional groups attached to an aromatic ring is 1. The van der Waals surface area contributed by atoms with Crippen LogP contribution >= 0.6 is 12.6 Å². The van der Waals surface area contributed by atoms with Crippen LogP contribution in [0.2, 0.25) is 0 Å². The van der Waals surface area contributed by atoms with Gasteiger partial charge in [-0.15, -0.1) is 0 Å². The zero-order valence-corrected chi connectivity index (χ0v) is 8.12. The van der Waals surface area contributed by atoms with E-state index in [1.165, 1.54) is 12.1 Å². The maximum atomic E-state index is 10.6. The Kier molecular flexibility index (Phi) is 3.37. The van der Waals surface area contributed by atoms with Crippen LogP contribution in [0.15, 0.2) is 18.2 Å². The van der Waals surface area contributed by atoms with E-state index in [9.17, 15) is 10.1 Å². The normalized spacial score (nSPS) is 8.93. The molecule has 0 spiro atoms. The Morgan fingerprint density at radius 2 is 2.29 bits per heavy atom. The number of nitro benzene ring substituents is 1. The van der Waals surface area contributed by atoms with Crippen molar-refractivity contribution in [3.05, 3.63) is 33.9 Å². The number of benzene rings is 1. The van der Waals surface area contributed by atoms with Gasteiger partial charge in [0.25, 0.3) is 5.69 Å². The van der Waals surface area contributed by atoms with Crippen molar-refractivity contribution >= 4 is 24.0 Å². The van der Waals surface area contributed by atoms with Crippen LogP contribution in [-0.4, -0.2) is 10.7 Å². The van der Waals surface area contributed by atoms with Crippen molar-refractivity contribution in [2.75, 3.05) is 11.5 Å². The minimum absolute atomic E-state index is 0.0701. The number of nitrogens with zero attached hydrogens (tertiary/aromatic N) is 1. The van der Waals surface area contributed by atoms with Crippen LogP contribution in [0.4, 0.5) is 11.4 Å². The molecule has 0 saturated carbocycles. The topological polar surface area (TPSA) is 69.2 Å². The maximum Gasteiger partial charge on any atom is 0.286 e. The van der Waals surface area contributed by atoms with Crippen molar-refractivity contribution in [1.82, 2.24) is 0 Å². The molecule has 0 heterocycles. The van der Waals surface area contributed by atoms with E-state index >= 15 is 0 Å². The van der Waals surface area contributed by atoms with Crippen LogP contribution in [0.3, 0.4) is 0 Å². The molecular formula is C9H8N2O2S. The minimum Gasteiger partial charge on any atom is -0.399 e. The van der Waals surface area contributed by atoms with E-state index < -0.39 is 4.92 Å². The van der Waals surface area contributed by atoms with Crippen molar-refractivity contribution < 1.29 is 4.92 Å². The molecule has 0 aromatic heterocycles. The molecule has 0 amide bonds. The molecule has 1 aromatic carbocycles. The Balaban J connectivity index is 3.22. The Morgan fingerprint density at radius 3 is 2.86 bits per heavy atom. The van der Waals surface area contributed by atoms with Crippen molar-refractivity contribution in [1.29, 1.82) is 0 Å². The second-order valence-corrected chi connectivity index (χ2v) is 2.81. The molecule has 0 atom stereocenters. The van der Waals surface area contributed by atoms with Crippen molar-refractivity contribution in [3.8, 4) is 11.8 Å². The lowest BCUT2D eigenvalue weighted by atomic mass is 10.1. The van der Waals surface area contributed by atoms with Crippen LogP contribution in [0.5, 0.6) is 0 Å². The number of nitro groups is 1. The van der Waals surface area contributed by atoms with Gasteiger partial charge in [0.05, 0.1) is 10.7 Å². The van der Waals surface area contributed by atoms with Gasteiger partial charge in [-0.1, -0.05) is 11.8 Å². The zero-order chi connectivity index (χ0) is 10.6. The first-order valence-electron chi connectivity index (χ1n) is 3.79. The number of nitrogens with two attached hydrogens (primary N) is 1. The van der Waals surface area contributed by atoms with Gasteiger partial charge in [0.1, 0.15) is 5.56 Å².